The van der Waals surface area contributed by atoms with Gasteiger partial charge in [0.2, 0.25) is 0 Å². The molecule has 1 rings (SSSR count). The fourth-order valence-electron chi connectivity index (χ4n) is 1.36. The number of carboxylic acid groups (broad SMARTS) is 1. The molecule has 0 fully saturated rings. The van der Waals surface area contributed by atoms with Crippen LogP contribution in [-0.2, 0) is 14.6 Å². The molecule has 1 atom stereocenters. The lowest BCUT2D eigenvalue weighted by atomic mass is 10.2. The number of nitrogens with one attached hydrogen (secondary N) is 1. The number of thiophene rings is 1. The highest BCUT2D eigenvalue weighted by Gasteiger charge is 2.21. The van der Waals surface area contributed by atoms with E-state index in [4.69, 9.17) is 5.11 Å². The first-order valence-electron chi connectivity index (χ1n) is 5.69. The Morgan fingerprint density at radius 1 is 1.50 bits per heavy atom. The molecule has 6 nitrogen and oxygen atoms in total. The van der Waals surface area contributed by atoms with Crippen molar-refractivity contribution in [1.82, 2.24) is 5.32 Å². The van der Waals surface area contributed by atoms with E-state index < -0.39 is 27.8 Å². The van der Waals surface area contributed by atoms with E-state index in [1.165, 1.54) is 11.4 Å². The van der Waals surface area contributed by atoms with E-state index in [0.717, 1.165) is 17.6 Å². The molecular weight excluding hydrogens is 302 g/mol. The lowest BCUT2D eigenvalue weighted by molar-refractivity contribution is -0.139. The van der Waals surface area contributed by atoms with Crippen LogP contribution in [0.25, 0.3) is 0 Å². The molecule has 0 spiro atoms. The highest BCUT2D eigenvalue weighted by Crippen LogP contribution is 2.19. The molecule has 1 aromatic heterocycles. The van der Waals surface area contributed by atoms with Crippen molar-refractivity contribution in [2.45, 2.75) is 24.3 Å². The topological polar surface area (TPSA) is 101 Å². The van der Waals surface area contributed by atoms with Crippen molar-refractivity contribution in [3.8, 4) is 0 Å². The Morgan fingerprint density at radius 2 is 2.15 bits per heavy atom. The highest BCUT2D eigenvalue weighted by atomic mass is 32.2. The largest absolute Gasteiger partial charge is 0.480 e. The number of amides is 1. The molecule has 110 valence electrons. The van der Waals surface area contributed by atoms with E-state index >= 15 is 0 Å². The second-order valence-electron chi connectivity index (χ2n) is 4.09. The number of aliphatic carboxylic acids is 1. The molecule has 20 heavy (non-hydrogen) atoms. The second-order valence-corrected chi connectivity index (χ2v) is 7.01. The van der Waals surface area contributed by atoms with E-state index in [1.54, 1.807) is 19.1 Å². The molecule has 0 saturated heterocycles. The van der Waals surface area contributed by atoms with Gasteiger partial charge in [-0.2, -0.15) is 0 Å². The van der Waals surface area contributed by atoms with Crippen LogP contribution in [0.3, 0.4) is 0 Å². The summed E-state index contributed by atoms with van der Waals surface area (Å²) in [5, 5.41) is 12.7. The first-order valence-corrected chi connectivity index (χ1v) is 8.46. The van der Waals surface area contributed by atoms with Crippen LogP contribution in [0.2, 0.25) is 0 Å². The molecule has 0 saturated carbocycles. The molecule has 1 amide bonds. The zero-order valence-electron chi connectivity index (χ0n) is 11.0. The van der Waals surface area contributed by atoms with Crippen molar-refractivity contribution in [3.63, 3.8) is 0 Å². The first kappa shape index (κ1) is 16.4. The summed E-state index contributed by atoms with van der Waals surface area (Å²) in [7, 11) is -3.37. The van der Waals surface area contributed by atoms with Gasteiger partial charge in [-0.25, -0.2) is 13.2 Å². The average molecular weight is 317 g/mol. The number of hydrogen-bond acceptors (Lipinski definition) is 5. The third kappa shape index (κ3) is 4.46. The van der Waals surface area contributed by atoms with E-state index in [0.29, 0.717) is 0 Å². The number of rotatable bonds is 6. The van der Waals surface area contributed by atoms with Crippen molar-refractivity contribution in [1.29, 1.82) is 0 Å². The zero-order valence-corrected chi connectivity index (χ0v) is 12.6. The third-order valence-electron chi connectivity index (χ3n) is 2.44. The van der Waals surface area contributed by atoms with Gasteiger partial charge in [-0.3, -0.25) is 4.79 Å². The zero-order chi connectivity index (χ0) is 15.3. The molecule has 2 N–H and O–H groups in total. The number of hydrogen-bond donors (Lipinski definition) is 2. The summed E-state index contributed by atoms with van der Waals surface area (Å²) in [5.41, 5.74) is 0. The van der Waals surface area contributed by atoms with Crippen LogP contribution in [0.4, 0.5) is 0 Å². The smallest absolute Gasteiger partial charge is 0.326 e. The predicted octanol–water partition coefficient (Wildman–Crippen LogP) is 1.30. The molecule has 0 radical (unpaired) electrons. The monoisotopic (exact) mass is 317 g/mol. The summed E-state index contributed by atoms with van der Waals surface area (Å²) in [6.45, 7) is 1.75. The predicted molar refractivity (Wildman–Crippen MR) is 75.7 cm³/mol. The Bertz CT molecular complexity index is 630. The minimum Gasteiger partial charge on any atom is -0.480 e. The summed E-state index contributed by atoms with van der Waals surface area (Å²) < 4.78 is 22.6. The van der Waals surface area contributed by atoms with Crippen LogP contribution in [0.1, 0.15) is 23.0 Å². The molecule has 0 aliphatic heterocycles. The fourth-order valence-corrected chi connectivity index (χ4v) is 3.28. The summed E-state index contributed by atoms with van der Waals surface area (Å²) in [6.07, 6.45) is 4.54. The maximum Gasteiger partial charge on any atom is 0.326 e. The SMILES string of the molecule is C/C=C/CC(NC(=O)c1cc(S(C)(=O)=O)cs1)C(=O)O. The molecular formula is C12H15NO5S2. The second kappa shape index (κ2) is 6.67. The lowest BCUT2D eigenvalue weighted by Gasteiger charge is -2.11. The molecule has 0 bridgehead atoms. The number of allylic oxidation sites excluding steroid dienone is 1. The van der Waals surface area contributed by atoms with Crippen LogP contribution in [0.5, 0.6) is 0 Å². The molecule has 1 heterocycles. The van der Waals surface area contributed by atoms with Crippen LogP contribution < -0.4 is 5.32 Å². The van der Waals surface area contributed by atoms with Crippen molar-refractivity contribution >= 4 is 33.1 Å². The number of carbonyl (C=O) groups excluding carboxylic acids is 1. The molecule has 8 heteroatoms. The van der Waals surface area contributed by atoms with Crippen molar-refractivity contribution < 1.29 is 23.1 Å². The third-order valence-corrected chi connectivity index (χ3v) is 4.61. The van der Waals surface area contributed by atoms with Crippen LogP contribution in [0, 0.1) is 0 Å². The number of carboxylic acids is 1. The van der Waals surface area contributed by atoms with Crippen LogP contribution in [-0.4, -0.2) is 37.7 Å². The summed E-state index contributed by atoms with van der Waals surface area (Å²) in [4.78, 5) is 23.1. The quantitative estimate of drug-likeness (QED) is 0.770. The minimum absolute atomic E-state index is 0.0491. The Morgan fingerprint density at radius 3 is 2.60 bits per heavy atom. The van der Waals surface area contributed by atoms with Gasteiger partial charge in [0.1, 0.15) is 6.04 Å². The van der Waals surface area contributed by atoms with E-state index in [1.807, 2.05) is 0 Å². The van der Waals surface area contributed by atoms with Gasteiger partial charge >= 0.3 is 5.97 Å². The highest BCUT2D eigenvalue weighted by molar-refractivity contribution is 7.90. The van der Waals surface area contributed by atoms with Crippen molar-refractivity contribution in [2.24, 2.45) is 0 Å². The lowest BCUT2D eigenvalue weighted by Crippen LogP contribution is -2.40. The molecule has 0 aromatic carbocycles. The molecule has 0 aliphatic rings. The summed E-state index contributed by atoms with van der Waals surface area (Å²) in [6, 6.07) is 0.201. The minimum atomic E-state index is -3.37. The summed E-state index contributed by atoms with van der Waals surface area (Å²) in [5.74, 6) is -1.74. The average Bonchev–Trinajstić information content (AvgIpc) is 2.83. The van der Waals surface area contributed by atoms with Gasteiger partial charge in [0.05, 0.1) is 9.77 Å². The van der Waals surface area contributed by atoms with Gasteiger partial charge in [-0.15, -0.1) is 11.3 Å². The standard InChI is InChI=1S/C12H15NO5S2/c1-3-4-5-9(12(15)16)13-11(14)10-6-8(7-19-10)20(2,17)18/h3-4,6-7,9H,5H2,1-2H3,(H,13,14)(H,15,16)/b4-3+. The van der Waals surface area contributed by atoms with Gasteiger partial charge in [0.25, 0.3) is 5.91 Å². The van der Waals surface area contributed by atoms with E-state index in [-0.39, 0.29) is 16.2 Å². The van der Waals surface area contributed by atoms with Crippen LogP contribution in [0.15, 0.2) is 28.5 Å². The van der Waals surface area contributed by atoms with E-state index in [9.17, 15) is 18.0 Å². The van der Waals surface area contributed by atoms with E-state index in [2.05, 4.69) is 5.32 Å². The maximum absolute atomic E-state index is 11.9. The van der Waals surface area contributed by atoms with Gasteiger partial charge in [0.15, 0.2) is 9.84 Å². The van der Waals surface area contributed by atoms with Gasteiger partial charge in [-0.1, -0.05) is 12.2 Å². The maximum atomic E-state index is 11.9. The number of sulfone groups is 1. The Hall–Kier alpha value is -1.67. The van der Waals surface area contributed by atoms with Gasteiger partial charge in [-0.05, 0) is 19.4 Å². The van der Waals surface area contributed by atoms with Crippen LogP contribution >= 0.6 is 11.3 Å². The van der Waals surface area contributed by atoms with Gasteiger partial charge in [0, 0.05) is 11.6 Å². The molecule has 1 unspecified atom stereocenters. The normalized spacial score (nSPS) is 13.3. The summed E-state index contributed by atoms with van der Waals surface area (Å²) >= 11 is 0.960. The Balaban J connectivity index is 2.84. The van der Waals surface area contributed by atoms with Crippen molar-refractivity contribution in [3.05, 3.63) is 28.5 Å². The molecule has 0 aliphatic carbocycles. The fraction of sp³-hybridized carbons (Fsp3) is 0.333. The molecule has 1 aromatic rings. The van der Waals surface area contributed by atoms with Crippen molar-refractivity contribution in [2.75, 3.05) is 6.26 Å². The van der Waals surface area contributed by atoms with Gasteiger partial charge < -0.3 is 10.4 Å². The Kier molecular flexibility index (Phi) is 5.46. The number of carbonyl (C=O) groups is 2. The first-order chi connectivity index (χ1) is 9.25. The Labute approximate surface area is 121 Å².